The molecule has 0 bridgehead atoms. The van der Waals surface area contributed by atoms with Crippen molar-refractivity contribution in [2.45, 2.75) is 58.0 Å². The average Bonchev–Trinajstić information content (AvgIpc) is 2.66. The van der Waals surface area contributed by atoms with Crippen molar-refractivity contribution in [1.29, 1.82) is 0 Å². The van der Waals surface area contributed by atoms with Crippen LogP contribution in [0.5, 0.6) is 0 Å². The number of carbonyl (C=O) groups excluding carboxylic acids is 1. The van der Waals surface area contributed by atoms with Crippen molar-refractivity contribution < 1.29 is 14.6 Å². The number of methoxy groups -OCH3 is 1. The van der Waals surface area contributed by atoms with E-state index in [1.165, 1.54) is 19.3 Å². The van der Waals surface area contributed by atoms with Crippen LogP contribution in [0.25, 0.3) is 0 Å². The molecular weight excluding hydrogens is 240 g/mol. The molecule has 0 radical (unpaired) electrons. The number of ketones is 1. The number of allylic oxidation sites excluding steroid dienone is 1. The van der Waals surface area contributed by atoms with Crippen molar-refractivity contribution in [3.05, 3.63) is 11.1 Å². The van der Waals surface area contributed by atoms with Crippen molar-refractivity contribution in [1.82, 2.24) is 0 Å². The summed E-state index contributed by atoms with van der Waals surface area (Å²) in [5, 5.41) is 9.83. The van der Waals surface area contributed by atoms with E-state index in [0.717, 1.165) is 18.4 Å². The number of aliphatic hydroxyl groups is 1. The highest BCUT2D eigenvalue weighted by molar-refractivity contribution is 6.03. The number of unbranched alkanes of at least 4 members (excludes halogenated alkanes) is 4. The Morgan fingerprint density at radius 1 is 1.37 bits per heavy atom. The van der Waals surface area contributed by atoms with Crippen LogP contribution in [0.2, 0.25) is 0 Å². The highest BCUT2D eigenvalue weighted by atomic mass is 16.5. The fraction of sp³-hybridized carbons (Fsp3) is 0.688. The lowest BCUT2D eigenvalue weighted by atomic mass is 10.1. The summed E-state index contributed by atoms with van der Waals surface area (Å²) in [5.74, 6) is 6.00. The summed E-state index contributed by atoms with van der Waals surface area (Å²) in [4.78, 5) is 11.8. The molecule has 1 aliphatic carbocycles. The fourth-order valence-electron chi connectivity index (χ4n) is 2.19. The Morgan fingerprint density at radius 3 is 2.84 bits per heavy atom. The molecule has 106 valence electrons. The molecule has 0 spiro atoms. The monoisotopic (exact) mass is 264 g/mol. The van der Waals surface area contributed by atoms with Gasteiger partial charge in [0, 0.05) is 20.0 Å². The second-order valence-corrected chi connectivity index (χ2v) is 4.90. The van der Waals surface area contributed by atoms with Crippen LogP contribution >= 0.6 is 0 Å². The molecule has 1 N–H and O–H groups in total. The molecule has 0 fully saturated rings. The lowest BCUT2D eigenvalue weighted by molar-refractivity contribution is -0.115. The summed E-state index contributed by atoms with van der Waals surface area (Å²) >= 11 is 0. The zero-order valence-electron chi connectivity index (χ0n) is 12.0. The third-order valence-electron chi connectivity index (χ3n) is 3.33. The second kappa shape index (κ2) is 8.90. The molecule has 1 atom stereocenters. The van der Waals surface area contributed by atoms with Crippen LogP contribution in [0, 0.1) is 11.8 Å². The van der Waals surface area contributed by atoms with Crippen LogP contribution in [0.15, 0.2) is 11.1 Å². The molecule has 3 nitrogen and oxygen atoms in total. The molecule has 0 saturated carbocycles. The number of hydrogen-bond donors (Lipinski definition) is 1. The molecule has 1 aliphatic rings. The van der Waals surface area contributed by atoms with Gasteiger partial charge < -0.3 is 9.84 Å². The van der Waals surface area contributed by atoms with E-state index in [2.05, 4.69) is 18.8 Å². The van der Waals surface area contributed by atoms with Crippen LogP contribution in [-0.2, 0) is 9.53 Å². The van der Waals surface area contributed by atoms with E-state index < -0.39 is 6.10 Å². The molecule has 0 aliphatic heterocycles. The Labute approximate surface area is 116 Å². The van der Waals surface area contributed by atoms with Gasteiger partial charge in [-0.25, -0.2) is 0 Å². The fourth-order valence-corrected chi connectivity index (χ4v) is 2.19. The number of aliphatic hydroxyl groups excluding tert-OH is 1. The third kappa shape index (κ3) is 5.18. The lowest BCUT2D eigenvalue weighted by Crippen LogP contribution is -2.07. The van der Waals surface area contributed by atoms with Crippen molar-refractivity contribution >= 4 is 5.78 Å². The first-order valence-corrected chi connectivity index (χ1v) is 7.12. The van der Waals surface area contributed by atoms with E-state index in [4.69, 9.17) is 4.74 Å². The van der Waals surface area contributed by atoms with Gasteiger partial charge in [0.25, 0.3) is 0 Å². The van der Waals surface area contributed by atoms with Gasteiger partial charge in [0.2, 0.25) is 0 Å². The Hall–Kier alpha value is -1.11. The first-order valence-electron chi connectivity index (χ1n) is 7.12. The largest absolute Gasteiger partial charge is 0.388 e. The Morgan fingerprint density at radius 2 is 2.16 bits per heavy atom. The quantitative estimate of drug-likeness (QED) is 0.568. The normalized spacial score (nSPS) is 18.7. The molecular formula is C16H24O3. The minimum absolute atomic E-state index is 0.0281. The number of Topliss-reactive ketones (excluding diaryl/α,β-unsaturated/α-hetero) is 1. The molecule has 0 aromatic carbocycles. The van der Waals surface area contributed by atoms with E-state index in [-0.39, 0.29) is 12.2 Å². The maximum atomic E-state index is 11.8. The first kappa shape index (κ1) is 15.9. The van der Waals surface area contributed by atoms with E-state index >= 15 is 0 Å². The van der Waals surface area contributed by atoms with Crippen molar-refractivity contribution in [3.8, 4) is 11.8 Å². The predicted octanol–water partition coefficient (Wildman–Crippen LogP) is 2.63. The maximum absolute atomic E-state index is 11.8. The molecule has 0 aromatic rings. The standard InChI is InChI=1S/C16H24O3/c1-3-4-5-6-7-8-9-13-14(10-11-19-2)16(18)12-15(13)17/h16,18H,3-7,10-12H2,1-2H3. The summed E-state index contributed by atoms with van der Waals surface area (Å²) in [5.41, 5.74) is 1.29. The number of rotatable bonds is 7. The molecule has 0 saturated heterocycles. The van der Waals surface area contributed by atoms with Gasteiger partial charge in [-0.05, 0) is 18.4 Å². The van der Waals surface area contributed by atoms with Crippen LogP contribution in [0.1, 0.15) is 51.9 Å². The third-order valence-corrected chi connectivity index (χ3v) is 3.33. The average molecular weight is 264 g/mol. The van der Waals surface area contributed by atoms with E-state index in [9.17, 15) is 9.90 Å². The number of ether oxygens (including phenoxy) is 1. The van der Waals surface area contributed by atoms with E-state index in [1.807, 2.05) is 0 Å². The molecule has 0 amide bonds. The van der Waals surface area contributed by atoms with E-state index in [0.29, 0.717) is 18.6 Å². The molecule has 19 heavy (non-hydrogen) atoms. The lowest BCUT2D eigenvalue weighted by Gasteiger charge is -2.06. The van der Waals surface area contributed by atoms with Gasteiger partial charge in [-0.15, -0.1) is 0 Å². The zero-order valence-corrected chi connectivity index (χ0v) is 12.0. The Kier molecular flexibility index (Phi) is 7.47. The summed E-state index contributed by atoms with van der Waals surface area (Å²) in [6.45, 7) is 2.69. The summed E-state index contributed by atoms with van der Waals surface area (Å²) in [7, 11) is 1.61. The Balaban J connectivity index is 2.57. The van der Waals surface area contributed by atoms with Gasteiger partial charge in [0.15, 0.2) is 5.78 Å². The summed E-state index contributed by atoms with van der Waals surface area (Å²) < 4.78 is 5.00. The van der Waals surface area contributed by atoms with Crippen molar-refractivity contribution in [2.24, 2.45) is 0 Å². The first-order chi connectivity index (χ1) is 9.20. The number of hydrogen-bond acceptors (Lipinski definition) is 3. The van der Waals surface area contributed by atoms with Crippen LogP contribution in [0.4, 0.5) is 0 Å². The van der Waals surface area contributed by atoms with Gasteiger partial charge in [-0.1, -0.05) is 38.0 Å². The van der Waals surface area contributed by atoms with Crippen LogP contribution < -0.4 is 0 Å². The molecule has 1 rings (SSSR count). The number of carbonyl (C=O) groups is 1. The molecule has 0 aromatic heterocycles. The molecule has 0 heterocycles. The van der Waals surface area contributed by atoms with Crippen LogP contribution in [-0.4, -0.2) is 30.7 Å². The van der Waals surface area contributed by atoms with Gasteiger partial charge in [-0.3, -0.25) is 4.79 Å². The van der Waals surface area contributed by atoms with Crippen molar-refractivity contribution in [3.63, 3.8) is 0 Å². The minimum Gasteiger partial charge on any atom is -0.388 e. The van der Waals surface area contributed by atoms with Gasteiger partial charge >= 0.3 is 0 Å². The topological polar surface area (TPSA) is 46.5 Å². The maximum Gasteiger partial charge on any atom is 0.174 e. The van der Waals surface area contributed by atoms with Gasteiger partial charge in [0.1, 0.15) is 0 Å². The highest BCUT2D eigenvalue weighted by Crippen LogP contribution is 2.25. The van der Waals surface area contributed by atoms with Gasteiger partial charge in [0.05, 0.1) is 18.3 Å². The Bertz CT molecular complexity index is 385. The van der Waals surface area contributed by atoms with Crippen molar-refractivity contribution in [2.75, 3.05) is 13.7 Å². The van der Waals surface area contributed by atoms with Gasteiger partial charge in [-0.2, -0.15) is 0 Å². The second-order valence-electron chi connectivity index (χ2n) is 4.90. The molecule has 3 heteroatoms. The van der Waals surface area contributed by atoms with E-state index in [1.54, 1.807) is 7.11 Å². The SMILES string of the molecule is CCCCCCC#CC1=C(CCOC)C(O)CC1=O. The molecule has 1 unspecified atom stereocenters. The highest BCUT2D eigenvalue weighted by Gasteiger charge is 2.29. The minimum atomic E-state index is -0.660. The smallest absolute Gasteiger partial charge is 0.174 e. The summed E-state index contributed by atoms with van der Waals surface area (Å²) in [6, 6.07) is 0. The summed E-state index contributed by atoms with van der Waals surface area (Å²) in [6.07, 6.45) is 5.65. The zero-order chi connectivity index (χ0) is 14.1. The predicted molar refractivity (Wildman–Crippen MR) is 75.7 cm³/mol. The van der Waals surface area contributed by atoms with Crippen LogP contribution in [0.3, 0.4) is 0 Å².